The Kier molecular flexibility index (Phi) is 5.60. The van der Waals surface area contributed by atoms with Crippen LogP contribution in [0.5, 0.6) is 5.75 Å². The van der Waals surface area contributed by atoms with E-state index in [1.54, 1.807) is 19.1 Å². The van der Waals surface area contributed by atoms with Crippen molar-refractivity contribution in [1.29, 1.82) is 0 Å². The molecule has 25 heavy (non-hydrogen) atoms. The van der Waals surface area contributed by atoms with Gasteiger partial charge in [0.15, 0.2) is 6.10 Å². The number of hydrogen-bond acceptors (Lipinski definition) is 5. The van der Waals surface area contributed by atoms with Crippen LogP contribution in [-0.4, -0.2) is 10.2 Å². The number of aromatic nitrogens is 2. The second kappa shape index (κ2) is 7.89. The third-order valence-corrected chi connectivity index (χ3v) is 4.84. The van der Waals surface area contributed by atoms with Crippen molar-refractivity contribution in [2.45, 2.75) is 30.4 Å². The zero-order chi connectivity index (χ0) is 17.8. The van der Waals surface area contributed by atoms with Crippen molar-refractivity contribution >= 4 is 23.4 Å². The first kappa shape index (κ1) is 17.8. The molecule has 2 atom stereocenters. The average molecular weight is 379 g/mol. The van der Waals surface area contributed by atoms with Gasteiger partial charge in [0.2, 0.25) is 0 Å². The van der Waals surface area contributed by atoms with Crippen molar-refractivity contribution in [3.05, 3.63) is 70.8 Å². The smallest absolute Gasteiger partial charge is 0.277 e. The van der Waals surface area contributed by atoms with Crippen molar-refractivity contribution in [2.24, 2.45) is 0 Å². The highest BCUT2D eigenvalue weighted by molar-refractivity contribution is 7.99. The average Bonchev–Trinajstić information content (AvgIpc) is 3.06. The van der Waals surface area contributed by atoms with Gasteiger partial charge in [-0.3, -0.25) is 0 Å². The van der Waals surface area contributed by atoms with E-state index >= 15 is 0 Å². The maximum atomic E-state index is 12.9. The van der Waals surface area contributed by atoms with Crippen molar-refractivity contribution < 1.29 is 13.5 Å². The highest BCUT2D eigenvalue weighted by Gasteiger charge is 2.19. The van der Waals surface area contributed by atoms with Crippen LogP contribution in [0.25, 0.3) is 0 Å². The normalized spacial score (nSPS) is 13.4. The molecule has 3 rings (SSSR count). The number of thioether (sulfide) groups is 1. The summed E-state index contributed by atoms with van der Waals surface area (Å²) in [7, 11) is 0. The summed E-state index contributed by atoms with van der Waals surface area (Å²) in [5.41, 5.74) is 1.00. The van der Waals surface area contributed by atoms with Crippen LogP contribution in [0.4, 0.5) is 4.39 Å². The molecule has 0 N–H and O–H groups in total. The summed E-state index contributed by atoms with van der Waals surface area (Å²) >= 11 is 7.64. The predicted octanol–water partition coefficient (Wildman–Crippen LogP) is 5.86. The lowest BCUT2D eigenvalue weighted by molar-refractivity contribution is 0.181. The molecule has 130 valence electrons. The first-order valence-electron chi connectivity index (χ1n) is 7.69. The van der Waals surface area contributed by atoms with Gasteiger partial charge in [0.25, 0.3) is 11.1 Å². The Morgan fingerprint density at radius 1 is 1.08 bits per heavy atom. The number of ether oxygens (including phenoxy) is 1. The lowest BCUT2D eigenvalue weighted by Crippen LogP contribution is -2.03. The first-order chi connectivity index (χ1) is 12.0. The van der Waals surface area contributed by atoms with E-state index in [2.05, 4.69) is 10.2 Å². The molecule has 0 saturated heterocycles. The van der Waals surface area contributed by atoms with Crippen molar-refractivity contribution in [2.75, 3.05) is 0 Å². The molecule has 0 unspecified atom stereocenters. The molecule has 0 bridgehead atoms. The van der Waals surface area contributed by atoms with E-state index < -0.39 is 6.10 Å². The van der Waals surface area contributed by atoms with Crippen molar-refractivity contribution in [3.8, 4) is 5.75 Å². The largest absolute Gasteiger partial charge is 0.481 e. The highest BCUT2D eigenvalue weighted by Crippen LogP contribution is 2.37. The van der Waals surface area contributed by atoms with E-state index in [-0.39, 0.29) is 11.1 Å². The fourth-order valence-corrected chi connectivity index (χ4v) is 3.44. The predicted molar refractivity (Wildman–Crippen MR) is 95.5 cm³/mol. The monoisotopic (exact) mass is 378 g/mol. The van der Waals surface area contributed by atoms with E-state index in [9.17, 15) is 4.39 Å². The highest BCUT2D eigenvalue weighted by atomic mass is 35.5. The lowest BCUT2D eigenvalue weighted by Gasteiger charge is -2.11. The Balaban J connectivity index is 1.65. The van der Waals surface area contributed by atoms with Gasteiger partial charge < -0.3 is 9.15 Å². The van der Waals surface area contributed by atoms with Gasteiger partial charge in [-0.2, -0.15) is 0 Å². The summed E-state index contributed by atoms with van der Waals surface area (Å²) in [6, 6.07) is 13.4. The van der Waals surface area contributed by atoms with E-state index in [0.717, 1.165) is 5.56 Å². The van der Waals surface area contributed by atoms with E-state index in [1.807, 2.05) is 31.2 Å². The zero-order valence-corrected chi connectivity index (χ0v) is 15.2. The SMILES string of the molecule is C[C@H](Oc1ccc(F)cc1)c1nnc(S[C@H](C)c2ccccc2Cl)o1. The topological polar surface area (TPSA) is 48.2 Å². The Hall–Kier alpha value is -2.05. The molecule has 0 amide bonds. The molecule has 7 heteroatoms. The van der Waals surface area contributed by atoms with Crippen molar-refractivity contribution in [3.63, 3.8) is 0 Å². The summed E-state index contributed by atoms with van der Waals surface area (Å²) in [6.45, 7) is 3.82. The molecule has 0 aliphatic heterocycles. The second-order valence-corrected chi connectivity index (χ2v) is 7.10. The first-order valence-corrected chi connectivity index (χ1v) is 8.95. The standard InChI is InChI=1S/C18H16ClFN2O2S/c1-11(23-14-9-7-13(20)8-10-14)17-21-22-18(24-17)25-12(2)15-5-3-4-6-16(15)19/h3-12H,1-2H3/t11-,12+/m0/s1. The van der Waals surface area contributed by atoms with Gasteiger partial charge in [0.05, 0.1) is 0 Å². The Morgan fingerprint density at radius 3 is 2.52 bits per heavy atom. The Labute approximate surface area is 154 Å². The number of nitrogens with zero attached hydrogens (tertiary/aromatic N) is 2. The fraction of sp³-hybridized carbons (Fsp3) is 0.222. The van der Waals surface area contributed by atoms with E-state index in [1.165, 1.54) is 23.9 Å². The molecule has 0 aliphatic carbocycles. The molecular weight excluding hydrogens is 363 g/mol. The van der Waals surface area contributed by atoms with E-state index in [4.69, 9.17) is 20.8 Å². The minimum atomic E-state index is -0.442. The molecule has 3 aromatic rings. The summed E-state index contributed by atoms with van der Waals surface area (Å²) in [4.78, 5) is 0. The summed E-state index contributed by atoms with van der Waals surface area (Å²) < 4.78 is 24.3. The molecular formula is C18H16ClFN2O2S. The van der Waals surface area contributed by atoms with Crippen LogP contribution in [0.3, 0.4) is 0 Å². The quantitative estimate of drug-likeness (QED) is 0.503. The molecule has 0 spiro atoms. The van der Waals surface area contributed by atoms with Crippen LogP contribution in [0.1, 0.15) is 36.7 Å². The lowest BCUT2D eigenvalue weighted by atomic mass is 10.2. The van der Waals surface area contributed by atoms with Crippen LogP contribution < -0.4 is 4.74 Å². The Bertz CT molecular complexity index is 841. The molecule has 2 aromatic carbocycles. The molecule has 0 radical (unpaired) electrons. The number of halogens is 2. The van der Waals surface area contributed by atoms with Gasteiger partial charge in [0.1, 0.15) is 11.6 Å². The number of rotatable bonds is 6. The molecule has 1 heterocycles. The van der Waals surface area contributed by atoms with Crippen LogP contribution in [-0.2, 0) is 0 Å². The van der Waals surface area contributed by atoms with Gasteiger partial charge in [-0.15, -0.1) is 10.2 Å². The third kappa shape index (κ3) is 4.52. The van der Waals surface area contributed by atoms with Crippen LogP contribution in [0.15, 0.2) is 58.2 Å². The minimum Gasteiger partial charge on any atom is -0.481 e. The molecule has 0 aliphatic rings. The summed E-state index contributed by atoms with van der Waals surface area (Å²) in [5, 5.41) is 9.29. The molecule has 0 fully saturated rings. The summed E-state index contributed by atoms with van der Waals surface area (Å²) in [5.74, 6) is 0.578. The van der Waals surface area contributed by atoms with Crippen molar-refractivity contribution in [1.82, 2.24) is 10.2 Å². The molecule has 1 aromatic heterocycles. The van der Waals surface area contributed by atoms with E-state index in [0.29, 0.717) is 21.9 Å². The van der Waals surface area contributed by atoms with Crippen LogP contribution in [0.2, 0.25) is 5.02 Å². The fourth-order valence-electron chi connectivity index (χ4n) is 2.22. The second-order valence-electron chi connectivity index (χ2n) is 5.40. The van der Waals surface area contributed by atoms with Crippen LogP contribution >= 0.6 is 23.4 Å². The minimum absolute atomic E-state index is 0.0651. The molecule has 4 nitrogen and oxygen atoms in total. The number of hydrogen-bond donors (Lipinski definition) is 0. The Morgan fingerprint density at radius 2 is 1.80 bits per heavy atom. The third-order valence-electron chi connectivity index (χ3n) is 3.52. The molecule has 0 saturated carbocycles. The number of benzene rings is 2. The summed E-state index contributed by atoms with van der Waals surface area (Å²) in [6.07, 6.45) is -0.442. The van der Waals surface area contributed by atoms with Gasteiger partial charge >= 0.3 is 0 Å². The van der Waals surface area contributed by atoms with Gasteiger partial charge in [-0.05, 0) is 49.7 Å². The van der Waals surface area contributed by atoms with Crippen LogP contribution in [0, 0.1) is 5.82 Å². The van der Waals surface area contributed by atoms with Gasteiger partial charge in [0, 0.05) is 10.3 Å². The zero-order valence-electron chi connectivity index (χ0n) is 13.6. The van der Waals surface area contributed by atoms with Gasteiger partial charge in [-0.25, -0.2) is 4.39 Å². The maximum Gasteiger partial charge on any atom is 0.277 e. The van der Waals surface area contributed by atoms with Gasteiger partial charge in [-0.1, -0.05) is 41.6 Å². The maximum absolute atomic E-state index is 12.9.